The summed E-state index contributed by atoms with van der Waals surface area (Å²) in [4.78, 5) is 6.89. The number of hydrogen-bond acceptors (Lipinski definition) is 3. The highest BCUT2D eigenvalue weighted by atomic mass is 15.4. The van der Waals surface area contributed by atoms with Crippen LogP contribution in [-0.2, 0) is 0 Å². The second-order valence-corrected chi connectivity index (χ2v) is 7.42. The van der Waals surface area contributed by atoms with Crippen LogP contribution in [0.4, 0.5) is 5.69 Å². The Balaban J connectivity index is 2.00. The highest BCUT2D eigenvalue weighted by Crippen LogP contribution is 2.49. The summed E-state index contributed by atoms with van der Waals surface area (Å²) in [5.74, 6) is 1.40. The number of para-hydroxylation sites is 1. The Hall–Kier alpha value is -1.51. The number of nitrogens with zero attached hydrogens (tertiary/aromatic N) is 2. The van der Waals surface area contributed by atoms with Crippen molar-refractivity contribution in [1.82, 2.24) is 0 Å². The van der Waals surface area contributed by atoms with E-state index in [4.69, 9.17) is 5.73 Å². The minimum atomic E-state index is 0.0760. The molecule has 1 aromatic carbocycles. The van der Waals surface area contributed by atoms with Gasteiger partial charge in [-0.25, -0.2) is 0 Å². The Labute approximate surface area is 121 Å². The van der Waals surface area contributed by atoms with Crippen molar-refractivity contribution in [3.8, 4) is 0 Å². The summed E-state index contributed by atoms with van der Waals surface area (Å²) in [5.41, 5.74) is 7.83. The molecule has 0 amide bonds. The zero-order chi connectivity index (χ0) is 14.4. The van der Waals surface area contributed by atoms with Crippen molar-refractivity contribution in [1.29, 1.82) is 0 Å². The van der Waals surface area contributed by atoms with E-state index in [0.717, 1.165) is 13.0 Å². The fraction of sp³-hybridized carbons (Fsp3) is 0.588. The summed E-state index contributed by atoms with van der Waals surface area (Å²) in [6.07, 6.45) is 3.62. The molecule has 2 unspecified atom stereocenters. The van der Waals surface area contributed by atoms with Crippen molar-refractivity contribution >= 4 is 11.6 Å². The Bertz CT molecular complexity index is 520. The average Bonchev–Trinajstić information content (AvgIpc) is 2.64. The lowest BCUT2D eigenvalue weighted by Gasteiger charge is -2.50. The highest BCUT2D eigenvalue weighted by Gasteiger charge is 2.50. The third kappa shape index (κ3) is 2.19. The van der Waals surface area contributed by atoms with E-state index in [9.17, 15) is 0 Å². The number of benzene rings is 1. The molecule has 3 rings (SSSR count). The quantitative estimate of drug-likeness (QED) is 0.850. The summed E-state index contributed by atoms with van der Waals surface area (Å²) in [7, 11) is 0. The van der Waals surface area contributed by atoms with E-state index >= 15 is 0 Å². The normalized spacial score (nSPS) is 32.5. The monoisotopic (exact) mass is 271 g/mol. The zero-order valence-electron chi connectivity index (χ0n) is 12.8. The fourth-order valence-electron chi connectivity index (χ4n) is 4.59. The van der Waals surface area contributed by atoms with Gasteiger partial charge in [0.25, 0.3) is 0 Å². The molecule has 2 atom stereocenters. The first-order valence-electron chi connectivity index (χ1n) is 7.57. The highest BCUT2D eigenvalue weighted by molar-refractivity contribution is 5.98. The first kappa shape index (κ1) is 13.5. The number of aliphatic imine (C=N–C) groups is 1. The van der Waals surface area contributed by atoms with Gasteiger partial charge >= 0.3 is 0 Å². The van der Waals surface area contributed by atoms with E-state index in [-0.39, 0.29) is 5.54 Å². The maximum atomic E-state index is 6.23. The molecule has 1 aromatic rings. The summed E-state index contributed by atoms with van der Waals surface area (Å²) < 4.78 is 0. The van der Waals surface area contributed by atoms with E-state index in [1.54, 1.807) is 0 Å². The molecule has 1 fully saturated rings. The van der Waals surface area contributed by atoms with E-state index < -0.39 is 0 Å². The van der Waals surface area contributed by atoms with Gasteiger partial charge in [0.1, 0.15) is 0 Å². The van der Waals surface area contributed by atoms with E-state index in [1.807, 2.05) is 6.07 Å². The molecule has 1 aliphatic heterocycles. The topological polar surface area (TPSA) is 41.6 Å². The Morgan fingerprint density at radius 2 is 1.90 bits per heavy atom. The van der Waals surface area contributed by atoms with Crippen molar-refractivity contribution in [2.75, 3.05) is 11.4 Å². The van der Waals surface area contributed by atoms with Crippen LogP contribution in [0.1, 0.15) is 40.0 Å². The molecule has 3 heteroatoms. The minimum Gasteiger partial charge on any atom is -0.369 e. The molecular weight excluding hydrogens is 246 g/mol. The van der Waals surface area contributed by atoms with Gasteiger partial charge in [0.15, 0.2) is 5.96 Å². The molecule has 3 nitrogen and oxygen atoms in total. The molecular formula is C17H25N3. The van der Waals surface area contributed by atoms with Crippen molar-refractivity contribution in [3.05, 3.63) is 30.3 Å². The van der Waals surface area contributed by atoms with E-state index in [1.165, 1.54) is 18.5 Å². The summed E-state index contributed by atoms with van der Waals surface area (Å²) in [5, 5.41) is 0. The fourth-order valence-corrected chi connectivity index (χ4v) is 4.59. The average molecular weight is 271 g/mol. The largest absolute Gasteiger partial charge is 0.369 e. The second-order valence-electron chi connectivity index (χ2n) is 7.42. The van der Waals surface area contributed by atoms with Crippen LogP contribution < -0.4 is 10.6 Å². The molecule has 0 aromatic heterocycles. The predicted molar refractivity (Wildman–Crippen MR) is 84.9 cm³/mol. The van der Waals surface area contributed by atoms with Gasteiger partial charge in [0, 0.05) is 5.69 Å². The number of hydrogen-bond donors (Lipinski definition) is 1. The van der Waals surface area contributed by atoms with Gasteiger partial charge < -0.3 is 10.6 Å². The van der Waals surface area contributed by atoms with Gasteiger partial charge in [-0.05, 0) is 42.7 Å². The van der Waals surface area contributed by atoms with Crippen LogP contribution in [0, 0.1) is 11.3 Å². The van der Waals surface area contributed by atoms with Gasteiger partial charge in [-0.2, -0.15) is 0 Å². The molecule has 1 aliphatic carbocycles. The van der Waals surface area contributed by atoms with Crippen LogP contribution in [0.2, 0.25) is 0 Å². The van der Waals surface area contributed by atoms with Crippen LogP contribution in [0.5, 0.6) is 0 Å². The Kier molecular flexibility index (Phi) is 3.03. The van der Waals surface area contributed by atoms with E-state index in [2.05, 4.69) is 54.9 Å². The minimum absolute atomic E-state index is 0.0760. The maximum absolute atomic E-state index is 6.23. The molecule has 0 radical (unpaired) electrons. The van der Waals surface area contributed by atoms with Crippen molar-refractivity contribution in [2.45, 2.75) is 45.6 Å². The first-order valence-corrected chi connectivity index (χ1v) is 7.57. The van der Waals surface area contributed by atoms with Crippen molar-refractivity contribution in [3.63, 3.8) is 0 Å². The molecule has 20 heavy (non-hydrogen) atoms. The van der Waals surface area contributed by atoms with Crippen molar-refractivity contribution in [2.24, 2.45) is 22.1 Å². The molecule has 1 heterocycles. The standard InChI is InChI=1S/C17H25N3/c1-13-9-16(2,3)11-17(10-13)12-19-15(18)20(17)14-7-5-4-6-8-14/h4-8,13H,9-12H2,1-3H3,(H2,18,19). The molecule has 2 N–H and O–H groups in total. The third-order valence-corrected chi connectivity index (χ3v) is 4.69. The number of rotatable bonds is 1. The lowest BCUT2D eigenvalue weighted by molar-refractivity contribution is 0.119. The molecule has 0 bridgehead atoms. The smallest absolute Gasteiger partial charge is 0.196 e. The van der Waals surface area contributed by atoms with Crippen LogP contribution >= 0.6 is 0 Å². The van der Waals surface area contributed by atoms with Crippen LogP contribution in [0.25, 0.3) is 0 Å². The van der Waals surface area contributed by atoms with Gasteiger partial charge in [-0.3, -0.25) is 4.99 Å². The summed E-state index contributed by atoms with van der Waals surface area (Å²) in [6.45, 7) is 7.95. The Morgan fingerprint density at radius 1 is 1.20 bits per heavy atom. The second kappa shape index (κ2) is 4.51. The lowest BCUT2D eigenvalue weighted by Crippen LogP contribution is -2.57. The number of nitrogens with two attached hydrogens (primary N) is 1. The van der Waals surface area contributed by atoms with Gasteiger partial charge in [-0.1, -0.05) is 39.0 Å². The molecule has 0 saturated heterocycles. The summed E-state index contributed by atoms with van der Waals surface area (Å²) >= 11 is 0. The number of anilines is 1. The van der Waals surface area contributed by atoms with Gasteiger partial charge in [0.05, 0.1) is 12.1 Å². The maximum Gasteiger partial charge on any atom is 0.196 e. The van der Waals surface area contributed by atoms with Gasteiger partial charge in [-0.15, -0.1) is 0 Å². The Morgan fingerprint density at radius 3 is 2.55 bits per heavy atom. The van der Waals surface area contributed by atoms with Crippen molar-refractivity contribution < 1.29 is 0 Å². The van der Waals surface area contributed by atoms with Crippen LogP contribution in [0.15, 0.2) is 35.3 Å². The SMILES string of the molecule is CC1CC(C)(C)CC2(CN=C(N)N2c2ccccc2)C1. The predicted octanol–water partition coefficient (Wildman–Crippen LogP) is 3.41. The molecule has 1 saturated carbocycles. The summed E-state index contributed by atoms with van der Waals surface area (Å²) in [6, 6.07) is 10.5. The molecule has 1 spiro atoms. The van der Waals surface area contributed by atoms with Crippen LogP contribution in [0.3, 0.4) is 0 Å². The zero-order valence-corrected chi connectivity index (χ0v) is 12.8. The molecule has 2 aliphatic rings. The third-order valence-electron chi connectivity index (χ3n) is 4.69. The van der Waals surface area contributed by atoms with Crippen LogP contribution in [-0.4, -0.2) is 18.0 Å². The number of guanidine groups is 1. The molecule has 108 valence electrons. The van der Waals surface area contributed by atoms with Gasteiger partial charge in [0.2, 0.25) is 0 Å². The first-order chi connectivity index (χ1) is 9.42. The lowest BCUT2D eigenvalue weighted by atomic mass is 9.64. The van der Waals surface area contributed by atoms with E-state index in [0.29, 0.717) is 17.3 Å².